The molecule has 1 aromatic carbocycles. The van der Waals surface area contributed by atoms with Crippen LogP contribution in [0.2, 0.25) is 5.02 Å². The molecule has 1 heterocycles. The Morgan fingerprint density at radius 2 is 2.14 bits per heavy atom. The molecule has 1 aromatic rings. The van der Waals surface area contributed by atoms with E-state index in [0.717, 1.165) is 24.1 Å². The van der Waals surface area contributed by atoms with E-state index in [9.17, 15) is 0 Å². The van der Waals surface area contributed by atoms with Crippen molar-refractivity contribution in [2.45, 2.75) is 25.4 Å². The van der Waals surface area contributed by atoms with Gasteiger partial charge in [0.25, 0.3) is 0 Å². The van der Waals surface area contributed by atoms with E-state index in [1.54, 1.807) is 0 Å². The van der Waals surface area contributed by atoms with Gasteiger partial charge in [0.2, 0.25) is 0 Å². The Hall–Kier alpha value is -1.26. The molecular formula is C16H25ClN4. The van der Waals surface area contributed by atoms with Crippen LogP contribution in [0.5, 0.6) is 0 Å². The van der Waals surface area contributed by atoms with Crippen LogP contribution < -0.4 is 5.32 Å². The van der Waals surface area contributed by atoms with Gasteiger partial charge < -0.3 is 15.1 Å². The van der Waals surface area contributed by atoms with E-state index in [1.807, 2.05) is 19.2 Å². The minimum absolute atomic E-state index is 0.616. The molecule has 1 saturated heterocycles. The van der Waals surface area contributed by atoms with Crippen LogP contribution in [0.1, 0.15) is 18.4 Å². The fourth-order valence-electron chi connectivity index (χ4n) is 2.77. The minimum Gasteiger partial charge on any atom is -0.355 e. The molecule has 2 rings (SSSR count). The quantitative estimate of drug-likeness (QED) is 0.685. The third-order valence-electron chi connectivity index (χ3n) is 4.07. The summed E-state index contributed by atoms with van der Waals surface area (Å²) in [6.45, 7) is 2.97. The molecule has 1 aliphatic rings. The molecule has 0 bridgehead atoms. The standard InChI is InChI=1S/C16H25ClN4/c1-18-16(19-11-15-5-4-10-20(15)2)21(3)12-13-6-8-14(17)9-7-13/h6-9,15H,4-5,10-12H2,1-3H3,(H,18,19). The molecular weight excluding hydrogens is 284 g/mol. The highest BCUT2D eigenvalue weighted by Crippen LogP contribution is 2.14. The van der Waals surface area contributed by atoms with Crippen LogP contribution in [0.4, 0.5) is 0 Å². The third kappa shape index (κ3) is 4.61. The van der Waals surface area contributed by atoms with E-state index >= 15 is 0 Å². The van der Waals surface area contributed by atoms with E-state index in [2.05, 4.69) is 46.3 Å². The molecule has 0 aliphatic carbocycles. The first-order valence-electron chi connectivity index (χ1n) is 7.46. The normalized spacial score (nSPS) is 19.8. The Labute approximate surface area is 132 Å². The van der Waals surface area contributed by atoms with E-state index in [1.165, 1.54) is 24.9 Å². The zero-order valence-electron chi connectivity index (χ0n) is 13.1. The fourth-order valence-corrected chi connectivity index (χ4v) is 2.90. The second kappa shape index (κ2) is 7.66. The Kier molecular flexibility index (Phi) is 5.88. The van der Waals surface area contributed by atoms with E-state index in [-0.39, 0.29) is 0 Å². The van der Waals surface area contributed by atoms with Crippen LogP contribution in [0, 0.1) is 0 Å². The van der Waals surface area contributed by atoms with Crippen LogP contribution in [-0.4, -0.2) is 56.0 Å². The van der Waals surface area contributed by atoms with Crippen LogP contribution in [0.3, 0.4) is 0 Å². The Bertz CT molecular complexity index is 472. The lowest BCUT2D eigenvalue weighted by Gasteiger charge is -2.25. The number of rotatable bonds is 4. The van der Waals surface area contributed by atoms with Crippen LogP contribution >= 0.6 is 11.6 Å². The second-order valence-corrected chi connectivity index (χ2v) is 6.12. The SMILES string of the molecule is CN=C(NCC1CCCN1C)N(C)Cc1ccc(Cl)cc1. The predicted octanol–water partition coefficient (Wildman–Crippen LogP) is 2.44. The number of benzene rings is 1. The van der Waals surface area contributed by atoms with Crippen molar-refractivity contribution in [1.82, 2.24) is 15.1 Å². The number of nitrogens with one attached hydrogen (secondary N) is 1. The largest absolute Gasteiger partial charge is 0.355 e. The van der Waals surface area contributed by atoms with Crippen molar-refractivity contribution in [2.75, 3.05) is 34.2 Å². The van der Waals surface area contributed by atoms with Crippen LogP contribution in [0.15, 0.2) is 29.3 Å². The highest BCUT2D eigenvalue weighted by molar-refractivity contribution is 6.30. The molecule has 1 atom stereocenters. The molecule has 1 unspecified atom stereocenters. The van der Waals surface area contributed by atoms with Crippen LogP contribution in [0.25, 0.3) is 0 Å². The highest BCUT2D eigenvalue weighted by Gasteiger charge is 2.21. The first-order chi connectivity index (χ1) is 10.1. The number of nitrogens with zero attached hydrogens (tertiary/aromatic N) is 3. The molecule has 0 saturated carbocycles. The lowest BCUT2D eigenvalue weighted by molar-refractivity contribution is 0.306. The second-order valence-electron chi connectivity index (χ2n) is 5.69. The van der Waals surface area contributed by atoms with Gasteiger partial charge in [0.1, 0.15) is 0 Å². The summed E-state index contributed by atoms with van der Waals surface area (Å²) in [4.78, 5) is 8.93. The van der Waals surface area contributed by atoms with Gasteiger partial charge in [0.05, 0.1) is 0 Å². The number of likely N-dealkylation sites (tertiary alicyclic amines) is 1. The molecule has 0 amide bonds. The molecule has 1 aliphatic heterocycles. The van der Waals surface area contributed by atoms with Gasteiger partial charge in [0.15, 0.2) is 5.96 Å². The number of halogens is 1. The summed E-state index contributed by atoms with van der Waals surface area (Å²) in [6, 6.07) is 8.57. The summed E-state index contributed by atoms with van der Waals surface area (Å²) in [5.74, 6) is 0.935. The molecule has 1 fully saturated rings. The first kappa shape index (κ1) is 16.1. The number of hydrogen-bond acceptors (Lipinski definition) is 2. The zero-order valence-corrected chi connectivity index (χ0v) is 13.9. The van der Waals surface area contributed by atoms with Gasteiger partial charge in [-0.15, -0.1) is 0 Å². The predicted molar refractivity (Wildman–Crippen MR) is 89.9 cm³/mol. The topological polar surface area (TPSA) is 30.9 Å². The Balaban J connectivity index is 1.86. The maximum atomic E-state index is 5.92. The number of likely N-dealkylation sites (N-methyl/N-ethyl adjacent to an activating group) is 1. The summed E-state index contributed by atoms with van der Waals surface area (Å²) in [7, 11) is 6.08. The maximum absolute atomic E-state index is 5.92. The van der Waals surface area contributed by atoms with Gasteiger partial charge in [-0.2, -0.15) is 0 Å². The zero-order chi connectivity index (χ0) is 15.2. The number of guanidine groups is 1. The van der Waals surface area contributed by atoms with Crippen molar-refractivity contribution in [3.8, 4) is 0 Å². The van der Waals surface area contributed by atoms with Crippen molar-refractivity contribution in [3.05, 3.63) is 34.9 Å². The van der Waals surface area contributed by atoms with Crippen molar-refractivity contribution >= 4 is 17.6 Å². The fraction of sp³-hybridized carbons (Fsp3) is 0.562. The van der Waals surface area contributed by atoms with Crippen LogP contribution in [-0.2, 0) is 6.54 Å². The van der Waals surface area contributed by atoms with Crippen molar-refractivity contribution in [3.63, 3.8) is 0 Å². The van der Waals surface area contributed by atoms with Gasteiger partial charge >= 0.3 is 0 Å². The average molecular weight is 309 g/mol. The molecule has 0 spiro atoms. The number of aliphatic imine (C=N–C) groups is 1. The first-order valence-corrected chi connectivity index (χ1v) is 7.84. The molecule has 1 N–H and O–H groups in total. The third-order valence-corrected chi connectivity index (χ3v) is 4.33. The molecule has 5 heteroatoms. The molecule has 0 radical (unpaired) electrons. The summed E-state index contributed by atoms with van der Waals surface area (Å²) < 4.78 is 0. The smallest absolute Gasteiger partial charge is 0.193 e. The monoisotopic (exact) mass is 308 g/mol. The van der Waals surface area contributed by atoms with E-state index < -0.39 is 0 Å². The summed E-state index contributed by atoms with van der Waals surface area (Å²) in [6.07, 6.45) is 2.56. The average Bonchev–Trinajstić information content (AvgIpc) is 2.88. The summed E-state index contributed by atoms with van der Waals surface area (Å²) in [5, 5.41) is 4.25. The van der Waals surface area contributed by atoms with Gasteiger partial charge in [-0.05, 0) is 44.1 Å². The van der Waals surface area contributed by atoms with Gasteiger partial charge in [-0.3, -0.25) is 4.99 Å². The highest BCUT2D eigenvalue weighted by atomic mass is 35.5. The molecule has 116 valence electrons. The summed E-state index contributed by atoms with van der Waals surface area (Å²) >= 11 is 5.92. The van der Waals surface area contributed by atoms with Gasteiger partial charge in [-0.25, -0.2) is 0 Å². The Morgan fingerprint density at radius 3 is 2.71 bits per heavy atom. The molecule has 21 heavy (non-hydrogen) atoms. The van der Waals surface area contributed by atoms with Crippen molar-refractivity contribution < 1.29 is 0 Å². The van der Waals surface area contributed by atoms with Crippen molar-refractivity contribution in [2.24, 2.45) is 4.99 Å². The van der Waals surface area contributed by atoms with Gasteiger partial charge in [0, 0.05) is 38.2 Å². The lowest BCUT2D eigenvalue weighted by atomic mass is 10.2. The van der Waals surface area contributed by atoms with E-state index in [0.29, 0.717) is 6.04 Å². The maximum Gasteiger partial charge on any atom is 0.193 e. The Morgan fingerprint density at radius 1 is 1.43 bits per heavy atom. The molecule has 0 aromatic heterocycles. The number of hydrogen-bond donors (Lipinski definition) is 1. The minimum atomic E-state index is 0.616. The van der Waals surface area contributed by atoms with Crippen molar-refractivity contribution in [1.29, 1.82) is 0 Å². The van der Waals surface area contributed by atoms with E-state index in [4.69, 9.17) is 11.6 Å². The lowest BCUT2D eigenvalue weighted by Crippen LogP contribution is -2.44. The van der Waals surface area contributed by atoms with Gasteiger partial charge in [-0.1, -0.05) is 23.7 Å². The molecule has 4 nitrogen and oxygen atoms in total. The summed E-state index contributed by atoms with van der Waals surface area (Å²) in [5.41, 5.74) is 1.22.